The van der Waals surface area contributed by atoms with Gasteiger partial charge in [0, 0.05) is 18.3 Å². The number of halogens is 1. The summed E-state index contributed by atoms with van der Waals surface area (Å²) in [6.07, 6.45) is 3.87. The van der Waals surface area contributed by atoms with Crippen LogP contribution in [0.1, 0.15) is 58.8 Å². The van der Waals surface area contributed by atoms with Crippen molar-refractivity contribution in [1.29, 1.82) is 0 Å². The standard InChI is InChI=1S/C27H29N3O6S.ClH/c31-26(35-17-19-7-3-1-4-8-19)25-24(21-15-22-11-12-23(16-21)28-22)13-14-30(25)37(33,34)29-27(32)36-18-20-9-5-2-6-10-20;/h1-10,13-14,21-23,28H,11-12,15-18H2,(H,29,32);1H. The molecule has 2 N–H and O–H groups in total. The van der Waals surface area contributed by atoms with Crippen LogP contribution >= 0.6 is 12.4 Å². The van der Waals surface area contributed by atoms with Crippen molar-refractivity contribution in [2.24, 2.45) is 0 Å². The molecule has 2 saturated heterocycles. The number of piperidine rings is 1. The number of hydrogen-bond donors (Lipinski definition) is 2. The Kier molecular flexibility index (Phi) is 8.76. The number of aromatic nitrogens is 1. The summed E-state index contributed by atoms with van der Waals surface area (Å²) in [5.74, 6) is -0.766. The second-order valence-electron chi connectivity index (χ2n) is 9.45. The Balaban J connectivity index is 0.00000336. The summed E-state index contributed by atoms with van der Waals surface area (Å²) in [5, 5.41) is 3.56. The van der Waals surface area contributed by atoms with Crippen molar-refractivity contribution < 1.29 is 27.5 Å². The zero-order chi connectivity index (χ0) is 25.8. The number of benzene rings is 2. The Morgan fingerprint density at radius 3 is 2.00 bits per heavy atom. The predicted molar refractivity (Wildman–Crippen MR) is 143 cm³/mol. The van der Waals surface area contributed by atoms with Gasteiger partial charge in [0.2, 0.25) is 0 Å². The van der Waals surface area contributed by atoms with E-state index in [1.807, 2.05) is 41.1 Å². The van der Waals surface area contributed by atoms with Crippen molar-refractivity contribution in [1.82, 2.24) is 14.0 Å². The van der Waals surface area contributed by atoms with Gasteiger partial charge in [0.15, 0.2) is 0 Å². The third-order valence-corrected chi connectivity index (χ3v) is 8.13. The minimum absolute atomic E-state index is 0. The lowest BCUT2D eigenvalue weighted by molar-refractivity contribution is 0.0461. The van der Waals surface area contributed by atoms with Crippen LogP contribution in [-0.2, 0) is 32.9 Å². The smallest absolute Gasteiger partial charge is 0.422 e. The second-order valence-corrected chi connectivity index (χ2v) is 11.0. The molecule has 3 aromatic rings. The molecule has 2 aliphatic heterocycles. The highest BCUT2D eigenvalue weighted by atomic mass is 35.5. The van der Waals surface area contributed by atoms with Gasteiger partial charge in [0.25, 0.3) is 0 Å². The fraction of sp³-hybridized carbons (Fsp3) is 0.333. The Morgan fingerprint density at radius 1 is 0.868 bits per heavy atom. The molecule has 1 amide bonds. The summed E-state index contributed by atoms with van der Waals surface area (Å²) < 4.78 is 39.8. The largest absolute Gasteiger partial charge is 0.456 e. The number of fused-ring (bicyclic) bond motifs is 2. The van der Waals surface area contributed by atoms with E-state index >= 15 is 0 Å². The van der Waals surface area contributed by atoms with Crippen LogP contribution in [-0.4, -0.2) is 36.5 Å². The normalized spacial score (nSPS) is 20.3. The quantitative estimate of drug-likeness (QED) is 0.396. The maximum absolute atomic E-state index is 13.3. The van der Waals surface area contributed by atoms with E-state index in [4.69, 9.17) is 9.47 Å². The van der Waals surface area contributed by atoms with Crippen LogP contribution in [0.3, 0.4) is 0 Å². The van der Waals surface area contributed by atoms with Crippen molar-refractivity contribution in [2.75, 3.05) is 0 Å². The molecule has 0 aliphatic carbocycles. The molecule has 5 rings (SSSR count). The summed E-state index contributed by atoms with van der Waals surface area (Å²) in [4.78, 5) is 25.7. The molecule has 2 bridgehead atoms. The zero-order valence-corrected chi connectivity index (χ0v) is 22.2. The molecule has 2 aromatic carbocycles. The van der Waals surface area contributed by atoms with E-state index in [-0.39, 0.29) is 37.2 Å². The molecule has 2 fully saturated rings. The van der Waals surface area contributed by atoms with E-state index in [1.54, 1.807) is 30.3 Å². The Morgan fingerprint density at radius 2 is 1.42 bits per heavy atom. The molecular weight excluding hydrogens is 530 g/mol. The van der Waals surface area contributed by atoms with Crippen molar-refractivity contribution in [3.63, 3.8) is 0 Å². The molecular formula is C27H30ClN3O6S. The molecule has 11 heteroatoms. The molecule has 0 radical (unpaired) electrons. The minimum atomic E-state index is -4.48. The monoisotopic (exact) mass is 559 g/mol. The molecule has 0 spiro atoms. The van der Waals surface area contributed by atoms with E-state index in [0.717, 1.165) is 35.2 Å². The number of hydrogen-bond acceptors (Lipinski definition) is 7. The van der Waals surface area contributed by atoms with Crippen LogP contribution in [0, 0.1) is 0 Å². The number of esters is 1. The first-order valence-corrected chi connectivity index (χ1v) is 13.8. The summed E-state index contributed by atoms with van der Waals surface area (Å²) in [6, 6.07) is 20.4. The van der Waals surface area contributed by atoms with E-state index < -0.39 is 22.3 Å². The van der Waals surface area contributed by atoms with Crippen LogP contribution < -0.4 is 10.0 Å². The molecule has 3 heterocycles. The molecule has 2 unspecified atom stereocenters. The van der Waals surface area contributed by atoms with Crippen LogP contribution in [0.25, 0.3) is 0 Å². The summed E-state index contributed by atoms with van der Waals surface area (Å²) in [6.45, 7) is -0.0999. The lowest BCUT2D eigenvalue weighted by Gasteiger charge is -2.29. The van der Waals surface area contributed by atoms with Gasteiger partial charge in [-0.05, 0) is 54.4 Å². The van der Waals surface area contributed by atoms with Crippen LogP contribution in [0.5, 0.6) is 0 Å². The number of carbonyl (C=O) groups is 2. The summed E-state index contributed by atoms with van der Waals surface area (Å²) >= 11 is 0. The van der Waals surface area contributed by atoms with Gasteiger partial charge in [-0.25, -0.2) is 18.3 Å². The Bertz CT molecular complexity index is 1350. The first-order valence-electron chi connectivity index (χ1n) is 12.3. The number of amides is 1. The lowest BCUT2D eigenvalue weighted by atomic mass is 9.86. The Labute approximate surface area is 228 Å². The van der Waals surface area contributed by atoms with Gasteiger partial charge >= 0.3 is 22.3 Å². The van der Waals surface area contributed by atoms with Crippen LogP contribution in [0.15, 0.2) is 72.9 Å². The summed E-state index contributed by atoms with van der Waals surface area (Å²) in [7, 11) is -4.48. The number of nitrogens with zero attached hydrogens (tertiary/aromatic N) is 1. The molecule has 0 saturated carbocycles. The van der Waals surface area contributed by atoms with Gasteiger partial charge in [-0.2, -0.15) is 8.42 Å². The van der Waals surface area contributed by atoms with E-state index in [9.17, 15) is 18.0 Å². The van der Waals surface area contributed by atoms with E-state index in [0.29, 0.717) is 23.2 Å². The molecule has 9 nitrogen and oxygen atoms in total. The number of nitrogens with one attached hydrogen (secondary N) is 2. The molecule has 38 heavy (non-hydrogen) atoms. The Hall–Kier alpha value is -3.34. The molecule has 202 valence electrons. The van der Waals surface area contributed by atoms with Gasteiger partial charge in [-0.3, -0.25) is 0 Å². The predicted octanol–water partition coefficient (Wildman–Crippen LogP) is 4.28. The van der Waals surface area contributed by atoms with Gasteiger partial charge in [0.1, 0.15) is 18.9 Å². The highest BCUT2D eigenvalue weighted by Crippen LogP contribution is 2.39. The average Bonchev–Trinajstić information content (AvgIpc) is 3.51. The van der Waals surface area contributed by atoms with Crippen LogP contribution in [0.2, 0.25) is 0 Å². The third kappa shape index (κ3) is 6.38. The fourth-order valence-corrected chi connectivity index (χ4v) is 6.19. The van der Waals surface area contributed by atoms with Crippen molar-refractivity contribution in [2.45, 2.75) is 56.9 Å². The van der Waals surface area contributed by atoms with E-state index in [2.05, 4.69) is 5.32 Å². The molecule has 2 aliphatic rings. The fourth-order valence-electron chi connectivity index (χ4n) is 5.18. The lowest BCUT2D eigenvalue weighted by Crippen LogP contribution is -2.38. The highest BCUT2D eigenvalue weighted by molar-refractivity contribution is 7.88. The maximum atomic E-state index is 13.3. The summed E-state index contributed by atoms with van der Waals surface area (Å²) in [5.41, 5.74) is 2.01. The van der Waals surface area contributed by atoms with Crippen LogP contribution in [0.4, 0.5) is 4.79 Å². The molecule has 1 aromatic heterocycles. The van der Waals surface area contributed by atoms with Crippen molar-refractivity contribution in [3.8, 4) is 0 Å². The number of rotatable bonds is 8. The SMILES string of the molecule is Cl.O=C(NS(=O)(=O)n1ccc(C2CC3CCC(C2)N3)c1C(=O)OCc1ccccc1)OCc1ccccc1. The van der Waals surface area contributed by atoms with Gasteiger partial charge in [0.05, 0.1) is 0 Å². The first-order chi connectivity index (χ1) is 17.9. The topological polar surface area (TPSA) is 116 Å². The highest BCUT2D eigenvalue weighted by Gasteiger charge is 2.38. The molecule has 2 atom stereocenters. The zero-order valence-electron chi connectivity index (χ0n) is 20.6. The van der Waals surface area contributed by atoms with Gasteiger partial charge in [-0.15, -0.1) is 12.4 Å². The van der Waals surface area contributed by atoms with Gasteiger partial charge < -0.3 is 14.8 Å². The van der Waals surface area contributed by atoms with Crippen molar-refractivity contribution >= 4 is 34.7 Å². The van der Waals surface area contributed by atoms with Gasteiger partial charge in [-0.1, -0.05) is 60.7 Å². The second kappa shape index (κ2) is 12.0. The van der Waals surface area contributed by atoms with E-state index in [1.165, 1.54) is 6.20 Å². The number of ether oxygens (including phenoxy) is 2. The third-order valence-electron chi connectivity index (χ3n) is 6.89. The average molecular weight is 560 g/mol. The van der Waals surface area contributed by atoms with Crippen molar-refractivity contribution in [3.05, 3.63) is 95.3 Å². The number of carbonyl (C=O) groups excluding carboxylic acids is 2. The minimum Gasteiger partial charge on any atom is -0.456 e. The first kappa shape index (κ1) is 27.7. The maximum Gasteiger partial charge on any atom is 0.422 e.